The van der Waals surface area contributed by atoms with E-state index < -0.39 is 24.1 Å². The molecule has 0 fully saturated rings. The summed E-state index contributed by atoms with van der Waals surface area (Å²) in [5.74, 6) is -1.64. The Kier molecular flexibility index (Phi) is 12.4. The average molecular weight is 683 g/mol. The van der Waals surface area contributed by atoms with E-state index in [4.69, 9.17) is 18.9 Å². The van der Waals surface area contributed by atoms with E-state index in [-0.39, 0.29) is 50.0 Å². The number of pyridine rings is 1. The summed E-state index contributed by atoms with van der Waals surface area (Å²) in [6.07, 6.45) is -0.609. The van der Waals surface area contributed by atoms with Gasteiger partial charge < -0.3 is 23.8 Å². The molecular formula is C41H47FN2O6. The van der Waals surface area contributed by atoms with Gasteiger partial charge in [0.2, 0.25) is 11.9 Å². The summed E-state index contributed by atoms with van der Waals surface area (Å²) in [6.45, 7) is 10.6. The highest BCUT2D eigenvalue weighted by Gasteiger charge is 2.32. The maximum absolute atomic E-state index is 14.5. The molecule has 0 saturated carbocycles. The van der Waals surface area contributed by atoms with Crippen molar-refractivity contribution in [1.82, 2.24) is 9.88 Å². The van der Waals surface area contributed by atoms with Crippen molar-refractivity contribution < 1.29 is 32.9 Å². The summed E-state index contributed by atoms with van der Waals surface area (Å²) in [4.78, 5) is 33.7. The van der Waals surface area contributed by atoms with Gasteiger partial charge in [0.1, 0.15) is 18.0 Å². The second kappa shape index (κ2) is 16.9. The molecule has 4 aromatic rings. The molecule has 0 N–H and O–H groups in total. The first-order valence-corrected chi connectivity index (χ1v) is 17.3. The van der Waals surface area contributed by atoms with Crippen LogP contribution in [0.15, 0.2) is 91.0 Å². The van der Waals surface area contributed by atoms with Crippen molar-refractivity contribution in [2.24, 2.45) is 5.92 Å². The van der Waals surface area contributed by atoms with E-state index in [1.807, 2.05) is 83.1 Å². The lowest BCUT2D eigenvalue weighted by atomic mass is 9.94. The van der Waals surface area contributed by atoms with Crippen molar-refractivity contribution in [3.8, 4) is 16.9 Å². The number of amides is 1. The Balaban J connectivity index is 1.39. The number of aromatic nitrogens is 1. The average Bonchev–Trinajstić information content (AvgIpc) is 3.40. The number of hydrogen-bond donors (Lipinski definition) is 0. The van der Waals surface area contributed by atoms with Crippen molar-refractivity contribution >= 4 is 11.9 Å². The third-order valence-electron chi connectivity index (χ3n) is 8.48. The van der Waals surface area contributed by atoms with E-state index in [2.05, 4.69) is 29.2 Å². The fraction of sp³-hybridized carbons (Fsp3) is 0.390. The van der Waals surface area contributed by atoms with Gasteiger partial charge in [-0.1, -0.05) is 66.7 Å². The number of hydrogen-bond acceptors (Lipinski definition) is 7. The first-order valence-electron chi connectivity index (χ1n) is 17.3. The van der Waals surface area contributed by atoms with Crippen molar-refractivity contribution in [3.63, 3.8) is 0 Å². The van der Waals surface area contributed by atoms with E-state index in [1.54, 1.807) is 12.1 Å². The molecule has 1 aliphatic carbocycles. The largest absolute Gasteiger partial charge is 0.488 e. The van der Waals surface area contributed by atoms with Crippen LogP contribution in [0.3, 0.4) is 0 Å². The summed E-state index contributed by atoms with van der Waals surface area (Å²) in [6, 6.07) is 28.3. The number of benzene rings is 3. The third kappa shape index (κ3) is 9.76. The molecule has 5 rings (SSSR count). The van der Waals surface area contributed by atoms with Crippen LogP contribution in [0.4, 0.5) is 4.39 Å². The molecular weight excluding hydrogens is 635 g/mol. The zero-order valence-corrected chi connectivity index (χ0v) is 29.6. The van der Waals surface area contributed by atoms with Gasteiger partial charge in [-0.3, -0.25) is 9.59 Å². The number of nitrogens with zero attached hydrogens (tertiary/aromatic N) is 2. The fourth-order valence-corrected chi connectivity index (χ4v) is 6.38. The number of carbonyl (C=O) groups is 2. The molecule has 1 amide bonds. The Morgan fingerprint density at radius 3 is 2.04 bits per heavy atom. The molecule has 264 valence electrons. The third-order valence-corrected chi connectivity index (χ3v) is 8.48. The number of halogens is 1. The smallest absolute Gasteiger partial charge is 0.306 e. The van der Waals surface area contributed by atoms with Crippen LogP contribution in [0.1, 0.15) is 69.3 Å². The minimum absolute atomic E-state index is 0.00674. The van der Waals surface area contributed by atoms with Crippen molar-refractivity contribution in [2.75, 3.05) is 26.4 Å². The van der Waals surface area contributed by atoms with Crippen molar-refractivity contribution in [3.05, 3.63) is 119 Å². The highest BCUT2D eigenvalue weighted by molar-refractivity contribution is 5.84. The van der Waals surface area contributed by atoms with Crippen LogP contribution >= 0.6 is 0 Å². The molecule has 0 radical (unpaired) electrons. The second-order valence-corrected chi connectivity index (χ2v) is 13.4. The summed E-state index contributed by atoms with van der Waals surface area (Å²) in [7, 11) is 0. The Bertz CT molecular complexity index is 1690. The van der Waals surface area contributed by atoms with Crippen LogP contribution in [0.5, 0.6) is 5.75 Å². The summed E-state index contributed by atoms with van der Waals surface area (Å²) < 4.78 is 37.7. The van der Waals surface area contributed by atoms with Crippen LogP contribution in [-0.4, -0.2) is 60.0 Å². The zero-order chi connectivity index (χ0) is 35.7. The van der Waals surface area contributed by atoms with Crippen LogP contribution in [0.2, 0.25) is 0 Å². The second-order valence-electron chi connectivity index (χ2n) is 13.4. The molecule has 0 unspecified atom stereocenters. The van der Waals surface area contributed by atoms with Crippen molar-refractivity contribution in [2.45, 2.75) is 71.8 Å². The lowest BCUT2D eigenvalue weighted by molar-refractivity contribution is -0.163. The monoisotopic (exact) mass is 682 g/mol. The first-order chi connectivity index (χ1) is 24.0. The number of fused-ring (bicyclic) bond motifs is 3. The van der Waals surface area contributed by atoms with Gasteiger partial charge in [0.25, 0.3) is 0 Å². The minimum Gasteiger partial charge on any atom is -0.488 e. The van der Waals surface area contributed by atoms with Gasteiger partial charge in [-0.25, -0.2) is 4.98 Å². The van der Waals surface area contributed by atoms with Gasteiger partial charge in [-0.2, -0.15) is 4.39 Å². The fourth-order valence-electron chi connectivity index (χ4n) is 6.38. The van der Waals surface area contributed by atoms with E-state index in [1.165, 1.54) is 11.0 Å². The van der Waals surface area contributed by atoms with Gasteiger partial charge in [0, 0.05) is 19.1 Å². The zero-order valence-electron chi connectivity index (χ0n) is 29.6. The molecule has 0 spiro atoms. The molecule has 8 nitrogen and oxygen atoms in total. The predicted molar refractivity (Wildman–Crippen MR) is 190 cm³/mol. The Hall–Kier alpha value is -4.60. The molecule has 1 atom stereocenters. The van der Waals surface area contributed by atoms with E-state index in [0.717, 1.165) is 27.8 Å². The molecule has 1 aromatic heterocycles. The molecule has 0 saturated heterocycles. The number of carbonyl (C=O) groups excluding carboxylic acids is 2. The van der Waals surface area contributed by atoms with Crippen LogP contribution in [-0.2, 0) is 36.8 Å². The van der Waals surface area contributed by atoms with Crippen LogP contribution in [0.25, 0.3) is 11.1 Å². The molecule has 50 heavy (non-hydrogen) atoms. The molecule has 0 aliphatic heterocycles. The normalized spacial score (nSPS) is 13.1. The van der Waals surface area contributed by atoms with Crippen molar-refractivity contribution in [1.29, 1.82) is 0 Å². The van der Waals surface area contributed by atoms with Gasteiger partial charge in [-0.15, -0.1) is 0 Å². The standard InChI is InChI=1S/C41H47FN2O6/c1-6-47-39(48-7-2)26-44(25-30-13-12-18-37(42)43-30)40(46)29(23-28-19-21-31(22-20-28)50-41(3,4)5)24-38(45)49-27-36-34-16-10-8-14-32(34)33-15-9-11-17-35(33)36/h8-22,29,36,39H,6-7,23-27H2,1-5H3/t29-/m1/s1. The highest BCUT2D eigenvalue weighted by Crippen LogP contribution is 2.44. The topological polar surface area (TPSA) is 87.2 Å². The number of esters is 1. The summed E-state index contributed by atoms with van der Waals surface area (Å²) in [5, 5.41) is 0. The molecule has 3 aromatic carbocycles. The molecule has 1 aliphatic rings. The van der Waals surface area contributed by atoms with Gasteiger partial charge in [0.05, 0.1) is 31.1 Å². The van der Waals surface area contributed by atoms with Crippen LogP contribution < -0.4 is 4.74 Å². The van der Waals surface area contributed by atoms with Gasteiger partial charge in [0.15, 0.2) is 6.29 Å². The lowest BCUT2D eigenvalue weighted by Crippen LogP contribution is -2.43. The maximum Gasteiger partial charge on any atom is 0.306 e. The van der Waals surface area contributed by atoms with E-state index >= 15 is 0 Å². The molecule has 9 heteroatoms. The summed E-state index contributed by atoms with van der Waals surface area (Å²) in [5.41, 5.74) is 5.34. The van der Waals surface area contributed by atoms with E-state index in [9.17, 15) is 14.0 Å². The Morgan fingerprint density at radius 1 is 0.840 bits per heavy atom. The first kappa shape index (κ1) is 36.7. The summed E-state index contributed by atoms with van der Waals surface area (Å²) >= 11 is 0. The maximum atomic E-state index is 14.5. The number of rotatable bonds is 16. The van der Waals surface area contributed by atoms with E-state index in [0.29, 0.717) is 24.7 Å². The number of ether oxygens (including phenoxy) is 4. The quantitative estimate of drug-likeness (QED) is 0.0679. The molecule has 0 bridgehead atoms. The highest BCUT2D eigenvalue weighted by atomic mass is 19.1. The Labute approximate surface area is 294 Å². The lowest BCUT2D eigenvalue weighted by Gasteiger charge is -2.30. The SMILES string of the molecule is CCOC(CN(Cc1cccc(F)n1)C(=O)[C@@H](CC(=O)OCC1c2ccccc2-c2ccccc21)Cc1ccc(OC(C)(C)C)cc1)OCC. The van der Waals surface area contributed by atoms with Gasteiger partial charge in [-0.05, 0) is 93.1 Å². The predicted octanol–water partition coefficient (Wildman–Crippen LogP) is 7.73. The minimum atomic E-state index is -0.794. The Morgan fingerprint density at radius 2 is 1.46 bits per heavy atom. The van der Waals surface area contributed by atoms with Crippen LogP contribution in [0, 0.1) is 11.9 Å². The van der Waals surface area contributed by atoms with Gasteiger partial charge >= 0.3 is 5.97 Å². The molecule has 1 heterocycles.